The summed E-state index contributed by atoms with van der Waals surface area (Å²) in [6, 6.07) is 9.54. The number of piperazine rings is 1. The van der Waals surface area contributed by atoms with E-state index in [9.17, 15) is 14.4 Å². The standard InChI is InChI=1S/C27H38N8O3/c1-27(2,29)24(36)33-11-13-34(14-12-33)25(37)30-22-9-10-35(26(38)31-22)21-7-3-18(4-8-21)15-32-16-19-5-6-20(17-32)23(19)28/h3-4,7-10,19-20,23H,5-6,11-17,28-29H2,1-2H3,(H,30,31,37,38). The smallest absolute Gasteiger partial charge is 0.338 e. The summed E-state index contributed by atoms with van der Waals surface area (Å²) in [5, 5.41) is 2.70. The maximum absolute atomic E-state index is 12.7. The van der Waals surface area contributed by atoms with Gasteiger partial charge < -0.3 is 21.3 Å². The van der Waals surface area contributed by atoms with Crippen molar-refractivity contribution in [3.8, 4) is 5.69 Å². The molecule has 2 saturated heterocycles. The van der Waals surface area contributed by atoms with Gasteiger partial charge in [0, 0.05) is 58.1 Å². The second-order valence-corrected chi connectivity index (χ2v) is 11.4. The van der Waals surface area contributed by atoms with Crippen LogP contribution in [0.5, 0.6) is 0 Å². The van der Waals surface area contributed by atoms with E-state index in [4.69, 9.17) is 11.5 Å². The number of hydrogen-bond donors (Lipinski definition) is 3. The van der Waals surface area contributed by atoms with Crippen molar-refractivity contribution in [3.63, 3.8) is 0 Å². The Bertz CT molecular complexity index is 1220. The molecule has 5 N–H and O–H groups in total. The minimum Gasteiger partial charge on any atom is -0.338 e. The Labute approximate surface area is 222 Å². The minimum absolute atomic E-state index is 0.140. The molecule has 2 aromatic rings. The molecule has 0 spiro atoms. The summed E-state index contributed by atoms with van der Waals surface area (Å²) < 4.78 is 1.46. The molecule has 5 rings (SSSR count). The SMILES string of the molecule is CC(C)(N)C(=O)N1CCN(C(=O)Nc2ccn(-c3ccc(CN4CC5CCC(C4)C5N)cc3)c(=O)n2)CC1. The van der Waals surface area contributed by atoms with Gasteiger partial charge >= 0.3 is 11.7 Å². The summed E-state index contributed by atoms with van der Waals surface area (Å²) in [5.41, 5.74) is 12.7. The van der Waals surface area contributed by atoms with Crippen molar-refractivity contribution in [2.75, 3.05) is 44.6 Å². The van der Waals surface area contributed by atoms with Crippen molar-refractivity contribution >= 4 is 17.8 Å². The highest BCUT2D eigenvalue weighted by atomic mass is 16.2. The predicted molar refractivity (Wildman–Crippen MR) is 145 cm³/mol. The first-order valence-corrected chi connectivity index (χ1v) is 13.4. The average molecular weight is 523 g/mol. The number of nitrogens with zero attached hydrogens (tertiary/aromatic N) is 5. The number of amides is 3. The van der Waals surface area contributed by atoms with Crippen molar-refractivity contribution in [2.24, 2.45) is 23.3 Å². The number of rotatable bonds is 5. The number of aromatic nitrogens is 2. The highest BCUT2D eigenvalue weighted by Crippen LogP contribution is 2.36. The molecule has 3 aliphatic rings. The van der Waals surface area contributed by atoms with Gasteiger partial charge in [0.1, 0.15) is 5.82 Å². The maximum atomic E-state index is 12.7. The van der Waals surface area contributed by atoms with Crippen molar-refractivity contribution in [3.05, 3.63) is 52.6 Å². The Morgan fingerprint density at radius 2 is 1.61 bits per heavy atom. The molecule has 2 aliphatic heterocycles. The van der Waals surface area contributed by atoms with E-state index in [1.807, 2.05) is 24.3 Å². The lowest BCUT2D eigenvalue weighted by Gasteiger charge is -2.37. The third-order valence-electron chi connectivity index (χ3n) is 8.05. The first kappa shape index (κ1) is 26.3. The van der Waals surface area contributed by atoms with E-state index in [0.717, 1.165) is 19.6 Å². The second kappa shape index (κ2) is 10.5. The number of benzene rings is 1. The van der Waals surface area contributed by atoms with Crippen LogP contribution in [0.3, 0.4) is 0 Å². The van der Waals surface area contributed by atoms with Crippen LogP contribution in [0.1, 0.15) is 32.3 Å². The van der Waals surface area contributed by atoms with Gasteiger partial charge in [-0.15, -0.1) is 0 Å². The summed E-state index contributed by atoms with van der Waals surface area (Å²) in [6.07, 6.45) is 4.08. The molecular formula is C27H38N8O3. The zero-order chi connectivity index (χ0) is 27.0. The number of urea groups is 1. The number of piperidine rings is 1. The summed E-state index contributed by atoms with van der Waals surface area (Å²) in [6.45, 7) is 7.90. The molecule has 2 bridgehead atoms. The molecule has 1 saturated carbocycles. The van der Waals surface area contributed by atoms with Crippen molar-refractivity contribution in [1.29, 1.82) is 0 Å². The van der Waals surface area contributed by atoms with Gasteiger partial charge in [-0.1, -0.05) is 12.1 Å². The molecule has 0 radical (unpaired) electrons. The average Bonchev–Trinajstić information content (AvgIpc) is 3.08. The van der Waals surface area contributed by atoms with E-state index < -0.39 is 11.2 Å². The molecular weight excluding hydrogens is 484 g/mol. The quantitative estimate of drug-likeness (QED) is 0.527. The molecule has 11 heteroatoms. The molecule has 1 aromatic carbocycles. The van der Waals surface area contributed by atoms with Gasteiger partial charge in [-0.3, -0.25) is 19.6 Å². The molecule has 3 fully saturated rings. The Balaban J connectivity index is 1.16. The van der Waals surface area contributed by atoms with Crippen LogP contribution < -0.4 is 22.5 Å². The molecule has 1 aromatic heterocycles. The number of carbonyl (C=O) groups excluding carboxylic acids is 2. The van der Waals surface area contributed by atoms with Crippen LogP contribution in [0.4, 0.5) is 10.6 Å². The van der Waals surface area contributed by atoms with Crippen LogP contribution in [0, 0.1) is 11.8 Å². The van der Waals surface area contributed by atoms with Crippen LogP contribution in [-0.2, 0) is 11.3 Å². The van der Waals surface area contributed by atoms with Crippen LogP contribution in [0.2, 0.25) is 0 Å². The number of anilines is 1. The number of nitrogens with one attached hydrogen (secondary N) is 1. The number of fused-ring (bicyclic) bond motifs is 2. The fourth-order valence-corrected chi connectivity index (χ4v) is 5.89. The summed E-state index contributed by atoms with van der Waals surface area (Å²) in [5.74, 6) is 1.26. The number of hydrogen-bond acceptors (Lipinski definition) is 7. The minimum atomic E-state index is -0.944. The highest BCUT2D eigenvalue weighted by molar-refractivity contribution is 5.89. The highest BCUT2D eigenvalue weighted by Gasteiger charge is 2.39. The zero-order valence-electron chi connectivity index (χ0n) is 22.2. The van der Waals surface area contributed by atoms with E-state index in [1.165, 1.54) is 23.0 Å². The number of likely N-dealkylation sites (tertiary alicyclic amines) is 1. The van der Waals surface area contributed by atoms with Gasteiger partial charge in [0.15, 0.2) is 0 Å². The van der Waals surface area contributed by atoms with Gasteiger partial charge in [0.25, 0.3) is 0 Å². The Kier molecular flexibility index (Phi) is 7.26. The van der Waals surface area contributed by atoms with Gasteiger partial charge in [0.05, 0.1) is 11.2 Å². The molecule has 38 heavy (non-hydrogen) atoms. The topological polar surface area (TPSA) is 143 Å². The molecule has 3 amide bonds. The molecule has 2 atom stereocenters. The maximum Gasteiger partial charge on any atom is 0.354 e. The van der Waals surface area contributed by atoms with Crippen LogP contribution in [-0.4, -0.2) is 87.0 Å². The van der Waals surface area contributed by atoms with Gasteiger partial charge in [-0.2, -0.15) is 4.98 Å². The van der Waals surface area contributed by atoms with E-state index in [-0.39, 0.29) is 17.8 Å². The summed E-state index contributed by atoms with van der Waals surface area (Å²) in [7, 11) is 0. The fourth-order valence-electron chi connectivity index (χ4n) is 5.89. The van der Waals surface area contributed by atoms with Crippen LogP contribution in [0.15, 0.2) is 41.3 Å². The second-order valence-electron chi connectivity index (χ2n) is 11.4. The Morgan fingerprint density at radius 1 is 1.00 bits per heavy atom. The summed E-state index contributed by atoms with van der Waals surface area (Å²) in [4.78, 5) is 47.6. The van der Waals surface area contributed by atoms with Crippen molar-refractivity contribution in [1.82, 2.24) is 24.3 Å². The van der Waals surface area contributed by atoms with Crippen LogP contribution in [0.25, 0.3) is 5.69 Å². The Morgan fingerprint density at radius 3 is 2.18 bits per heavy atom. The Hall–Kier alpha value is -3.28. The zero-order valence-corrected chi connectivity index (χ0v) is 22.2. The van der Waals surface area contributed by atoms with E-state index in [0.29, 0.717) is 49.7 Å². The lowest BCUT2D eigenvalue weighted by Crippen LogP contribution is -2.58. The normalized spacial score (nSPS) is 23.9. The fraction of sp³-hybridized carbons (Fsp3) is 0.556. The molecule has 204 valence electrons. The third kappa shape index (κ3) is 5.59. The van der Waals surface area contributed by atoms with E-state index in [2.05, 4.69) is 15.2 Å². The first-order chi connectivity index (χ1) is 18.1. The predicted octanol–water partition coefficient (Wildman–Crippen LogP) is 0.815. The van der Waals surface area contributed by atoms with Gasteiger partial charge in [-0.25, -0.2) is 9.59 Å². The summed E-state index contributed by atoms with van der Waals surface area (Å²) >= 11 is 0. The van der Waals surface area contributed by atoms with E-state index in [1.54, 1.807) is 35.9 Å². The molecule has 3 heterocycles. The third-order valence-corrected chi connectivity index (χ3v) is 8.05. The van der Waals surface area contributed by atoms with Gasteiger partial charge in [-0.05, 0) is 62.3 Å². The largest absolute Gasteiger partial charge is 0.354 e. The molecule has 11 nitrogen and oxygen atoms in total. The first-order valence-electron chi connectivity index (χ1n) is 13.4. The van der Waals surface area contributed by atoms with Crippen molar-refractivity contribution in [2.45, 2.75) is 44.8 Å². The molecule has 1 aliphatic carbocycles. The number of carbonyl (C=O) groups is 2. The number of nitrogens with two attached hydrogens (primary N) is 2. The molecule has 2 unspecified atom stereocenters. The van der Waals surface area contributed by atoms with Gasteiger partial charge in [0.2, 0.25) is 5.91 Å². The monoisotopic (exact) mass is 522 g/mol. The lowest BCUT2D eigenvalue weighted by atomic mass is 9.93. The van der Waals surface area contributed by atoms with Crippen LogP contribution >= 0.6 is 0 Å². The van der Waals surface area contributed by atoms with Crippen molar-refractivity contribution < 1.29 is 9.59 Å². The lowest BCUT2D eigenvalue weighted by molar-refractivity contribution is -0.137. The van der Waals surface area contributed by atoms with E-state index >= 15 is 0 Å².